The summed E-state index contributed by atoms with van der Waals surface area (Å²) in [5.41, 5.74) is 2.33. The topological polar surface area (TPSA) is 179 Å². The molecule has 0 atom stereocenters. The third-order valence-electron chi connectivity index (χ3n) is 7.11. The Morgan fingerprint density at radius 2 is 1.59 bits per heavy atom. The van der Waals surface area contributed by atoms with Gasteiger partial charge in [0.05, 0.1) is 11.6 Å². The number of carbonyl (C=O) groups excluding carboxylic acids is 1. The van der Waals surface area contributed by atoms with Gasteiger partial charge < -0.3 is 29.3 Å². The Balaban J connectivity index is 1.12. The van der Waals surface area contributed by atoms with Crippen molar-refractivity contribution >= 4 is 52.0 Å². The molecule has 13 nitrogen and oxygen atoms in total. The molecule has 0 aliphatic rings. The summed E-state index contributed by atoms with van der Waals surface area (Å²) in [6.45, 7) is 0. The number of nitrogens with one attached hydrogen (secondary N) is 2. The smallest absolute Gasteiger partial charge is 0.433 e. The van der Waals surface area contributed by atoms with E-state index in [-0.39, 0.29) is 34.8 Å². The van der Waals surface area contributed by atoms with Crippen molar-refractivity contribution in [3.05, 3.63) is 143 Å². The molecule has 4 aromatic carbocycles. The lowest BCUT2D eigenvalue weighted by molar-refractivity contribution is -0.402. The van der Waals surface area contributed by atoms with E-state index in [1.807, 2.05) is 30.3 Å². The highest BCUT2D eigenvalue weighted by Gasteiger charge is 2.16. The van der Waals surface area contributed by atoms with E-state index in [9.17, 15) is 20.0 Å². The number of nitro groups is 1. The molecule has 3 N–H and O–H groups in total. The van der Waals surface area contributed by atoms with Crippen molar-refractivity contribution in [1.82, 2.24) is 15.0 Å². The number of aromatic hydroxyl groups is 1. The van der Waals surface area contributed by atoms with Crippen LogP contribution in [0.15, 0.2) is 124 Å². The van der Waals surface area contributed by atoms with E-state index >= 15 is 0 Å². The SMILES string of the molecule is O=C(Nc1ccc2c(Nc3ccc(O)cc3)nc(/C=C/c3ccc([N+](=O)[O-])o3)nc2c1)c1coc(-c2ccc(Oc3ccccc3)cc2)n1. The van der Waals surface area contributed by atoms with Crippen LogP contribution in [0.25, 0.3) is 34.5 Å². The summed E-state index contributed by atoms with van der Waals surface area (Å²) in [6, 6.07) is 30.9. The van der Waals surface area contributed by atoms with Crippen molar-refractivity contribution in [1.29, 1.82) is 0 Å². The summed E-state index contributed by atoms with van der Waals surface area (Å²) in [5.74, 6) is 1.81. The summed E-state index contributed by atoms with van der Waals surface area (Å²) in [6.07, 6.45) is 4.34. The summed E-state index contributed by atoms with van der Waals surface area (Å²) >= 11 is 0. The Morgan fingerprint density at radius 1 is 0.837 bits per heavy atom. The number of aromatic nitrogens is 3. The minimum absolute atomic E-state index is 0.0771. The molecule has 13 heteroatoms. The summed E-state index contributed by atoms with van der Waals surface area (Å²) in [4.78, 5) is 37.1. The fourth-order valence-electron chi connectivity index (χ4n) is 4.76. The maximum Gasteiger partial charge on any atom is 0.433 e. The highest BCUT2D eigenvalue weighted by atomic mass is 16.6. The first-order chi connectivity index (χ1) is 23.9. The zero-order chi connectivity index (χ0) is 33.7. The van der Waals surface area contributed by atoms with E-state index in [1.54, 1.807) is 60.7 Å². The normalized spacial score (nSPS) is 11.1. The van der Waals surface area contributed by atoms with Crippen LogP contribution in [-0.4, -0.2) is 30.9 Å². The zero-order valence-corrected chi connectivity index (χ0v) is 25.3. The van der Waals surface area contributed by atoms with Crippen LogP contribution in [0.5, 0.6) is 17.2 Å². The molecule has 3 aromatic heterocycles. The first kappa shape index (κ1) is 30.4. The number of anilines is 3. The summed E-state index contributed by atoms with van der Waals surface area (Å²) in [7, 11) is 0. The molecule has 3 heterocycles. The fraction of sp³-hybridized carbons (Fsp3) is 0. The van der Waals surface area contributed by atoms with Crippen molar-refractivity contribution < 1.29 is 28.4 Å². The van der Waals surface area contributed by atoms with Crippen LogP contribution in [0.2, 0.25) is 0 Å². The lowest BCUT2D eigenvalue weighted by Crippen LogP contribution is -2.12. The number of para-hydroxylation sites is 1. The number of phenols is 1. The predicted octanol–water partition coefficient (Wildman–Crippen LogP) is 8.45. The molecule has 0 saturated heterocycles. The van der Waals surface area contributed by atoms with Gasteiger partial charge in [-0.15, -0.1) is 0 Å². The van der Waals surface area contributed by atoms with Crippen molar-refractivity contribution in [3.63, 3.8) is 0 Å². The van der Waals surface area contributed by atoms with Gasteiger partial charge in [0.15, 0.2) is 11.5 Å². The summed E-state index contributed by atoms with van der Waals surface area (Å²) < 4.78 is 16.6. The molecule has 0 aliphatic carbocycles. The predicted molar refractivity (Wildman–Crippen MR) is 182 cm³/mol. The zero-order valence-electron chi connectivity index (χ0n) is 25.3. The van der Waals surface area contributed by atoms with E-state index in [0.29, 0.717) is 45.2 Å². The minimum atomic E-state index is -0.626. The number of ether oxygens (including phenoxy) is 1. The average molecular weight is 653 g/mol. The molecule has 0 radical (unpaired) electrons. The quantitative estimate of drug-likeness (QED) is 0.0733. The largest absolute Gasteiger partial charge is 0.508 e. The molecule has 0 bridgehead atoms. The number of oxazole rings is 1. The number of rotatable bonds is 10. The minimum Gasteiger partial charge on any atom is -0.508 e. The molecular formula is C36H24N6O7. The average Bonchev–Trinajstić information content (AvgIpc) is 3.80. The van der Waals surface area contributed by atoms with E-state index in [0.717, 1.165) is 0 Å². The molecule has 0 fully saturated rings. The van der Waals surface area contributed by atoms with E-state index in [4.69, 9.17) is 13.6 Å². The van der Waals surface area contributed by atoms with Crippen LogP contribution in [0, 0.1) is 10.1 Å². The van der Waals surface area contributed by atoms with Crippen LogP contribution >= 0.6 is 0 Å². The van der Waals surface area contributed by atoms with Gasteiger partial charge in [-0.1, -0.05) is 18.2 Å². The lowest BCUT2D eigenvalue weighted by atomic mass is 10.2. The van der Waals surface area contributed by atoms with E-state index < -0.39 is 10.8 Å². The number of hydrogen-bond donors (Lipinski definition) is 3. The van der Waals surface area contributed by atoms with Gasteiger partial charge >= 0.3 is 5.88 Å². The molecule has 0 unspecified atom stereocenters. The highest BCUT2D eigenvalue weighted by Crippen LogP contribution is 2.29. The van der Waals surface area contributed by atoms with Gasteiger partial charge in [0, 0.05) is 22.3 Å². The molecule has 0 spiro atoms. The molecule has 7 rings (SSSR count). The number of furan rings is 1. The van der Waals surface area contributed by atoms with Gasteiger partial charge in [-0.2, -0.15) is 0 Å². The fourth-order valence-corrected chi connectivity index (χ4v) is 4.76. The third kappa shape index (κ3) is 7.10. The monoisotopic (exact) mass is 652 g/mol. The Hall–Kier alpha value is -7.28. The van der Waals surface area contributed by atoms with E-state index in [1.165, 1.54) is 36.6 Å². The van der Waals surface area contributed by atoms with Gasteiger partial charge in [0.25, 0.3) is 5.91 Å². The molecule has 49 heavy (non-hydrogen) atoms. The van der Waals surface area contributed by atoms with Gasteiger partial charge in [0.1, 0.15) is 40.0 Å². The van der Waals surface area contributed by atoms with Crippen LogP contribution in [0.1, 0.15) is 22.1 Å². The number of carbonyl (C=O) groups is 1. The van der Waals surface area contributed by atoms with Gasteiger partial charge in [-0.05, 0) is 97.1 Å². The Bertz CT molecular complexity index is 2320. The van der Waals surface area contributed by atoms with Crippen LogP contribution < -0.4 is 15.4 Å². The van der Waals surface area contributed by atoms with Crippen LogP contribution in [0.3, 0.4) is 0 Å². The van der Waals surface area contributed by atoms with Gasteiger partial charge in [0.2, 0.25) is 5.89 Å². The number of benzene rings is 4. The van der Waals surface area contributed by atoms with Crippen LogP contribution in [-0.2, 0) is 0 Å². The lowest BCUT2D eigenvalue weighted by Gasteiger charge is -2.11. The third-order valence-corrected chi connectivity index (χ3v) is 7.11. The summed E-state index contributed by atoms with van der Waals surface area (Å²) in [5, 5.41) is 27.4. The maximum absolute atomic E-state index is 13.2. The second kappa shape index (κ2) is 13.2. The number of phenolic OH excluding ortho intramolecular Hbond substituents is 1. The molecule has 1 amide bonds. The first-order valence-electron chi connectivity index (χ1n) is 14.8. The second-order valence-corrected chi connectivity index (χ2v) is 10.5. The Morgan fingerprint density at radius 3 is 2.35 bits per heavy atom. The van der Waals surface area contributed by atoms with Gasteiger partial charge in [-0.25, -0.2) is 15.0 Å². The number of amides is 1. The highest BCUT2D eigenvalue weighted by molar-refractivity contribution is 6.04. The molecule has 240 valence electrons. The number of nitrogens with zero attached hydrogens (tertiary/aromatic N) is 4. The van der Waals surface area contributed by atoms with E-state index in [2.05, 4.69) is 25.6 Å². The molecule has 7 aromatic rings. The van der Waals surface area contributed by atoms with Crippen molar-refractivity contribution in [2.45, 2.75) is 0 Å². The first-order valence-corrected chi connectivity index (χ1v) is 14.8. The maximum atomic E-state index is 13.2. The second-order valence-electron chi connectivity index (χ2n) is 10.5. The number of hydrogen-bond acceptors (Lipinski definition) is 11. The van der Waals surface area contributed by atoms with Crippen LogP contribution in [0.4, 0.5) is 23.1 Å². The number of fused-ring (bicyclic) bond motifs is 1. The Labute approximate surface area is 277 Å². The standard InChI is InChI=1S/C36H24N6O7/c43-25-11-8-23(9-12-25)37-34-29-17-10-24(20-30(29)39-32(41-34)18-15-28-16-19-33(49-28)42(45)46)38-35(44)31-21-47-36(40-31)22-6-13-27(14-7-22)48-26-4-2-1-3-5-26/h1-21,43H,(H,38,44)(H,37,39,41)/b18-15+. The molecule has 0 aliphatic heterocycles. The molecular weight excluding hydrogens is 628 g/mol. The van der Waals surface area contributed by atoms with Crippen molar-refractivity contribution in [2.24, 2.45) is 0 Å². The van der Waals surface area contributed by atoms with Crippen molar-refractivity contribution in [2.75, 3.05) is 10.6 Å². The Kier molecular flexibility index (Phi) is 8.19. The van der Waals surface area contributed by atoms with Gasteiger partial charge in [-0.3, -0.25) is 14.9 Å². The van der Waals surface area contributed by atoms with Crippen molar-refractivity contribution in [3.8, 4) is 28.7 Å². The molecule has 0 saturated carbocycles.